The van der Waals surface area contributed by atoms with E-state index in [9.17, 15) is 9.59 Å². The summed E-state index contributed by atoms with van der Waals surface area (Å²) in [7, 11) is 0. The molecule has 1 aromatic rings. The SMILES string of the molecule is CC(C)(C)OC(=O)N1CCC(CNC(=O)c2ccc(Br)s2)C1. The van der Waals surface area contributed by atoms with Crippen LogP contribution in [0.2, 0.25) is 0 Å². The molecule has 1 saturated heterocycles. The van der Waals surface area contributed by atoms with Gasteiger partial charge in [0.15, 0.2) is 0 Å². The van der Waals surface area contributed by atoms with Gasteiger partial charge >= 0.3 is 6.09 Å². The molecule has 122 valence electrons. The largest absolute Gasteiger partial charge is 0.444 e. The van der Waals surface area contributed by atoms with Gasteiger partial charge in [-0.3, -0.25) is 4.79 Å². The van der Waals surface area contributed by atoms with Gasteiger partial charge in [0.25, 0.3) is 5.91 Å². The second-order valence-corrected chi connectivity index (χ2v) is 8.86. The van der Waals surface area contributed by atoms with Gasteiger partial charge in [0.05, 0.1) is 8.66 Å². The molecule has 1 fully saturated rings. The van der Waals surface area contributed by atoms with Crippen LogP contribution in [0.15, 0.2) is 15.9 Å². The summed E-state index contributed by atoms with van der Waals surface area (Å²) in [4.78, 5) is 26.4. The first-order valence-electron chi connectivity index (χ1n) is 7.26. The first-order chi connectivity index (χ1) is 10.2. The maximum atomic E-state index is 12.0. The second-order valence-electron chi connectivity index (χ2n) is 6.39. The molecule has 0 aromatic carbocycles. The van der Waals surface area contributed by atoms with Gasteiger partial charge in [-0.1, -0.05) is 0 Å². The number of thiophene rings is 1. The fourth-order valence-electron chi connectivity index (χ4n) is 2.25. The lowest BCUT2D eigenvalue weighted by Gasteiger charge is -2.24. The highest BCUT2D eigenvalue weighted by atomic mass is 79.9. The molecule has 1 aliphatic heterocycles. The van der Waals surface area contributed by atoms with E-state index < -0.39 is 5.60 Å². The summed E-state index contributed by atoms with van der Waals surface area (Å²) in [5.41, 5.74) is -0.476. The Morgan fingerprint density at radius 2 is 2.18 bits per heavy atom. The highest BCUT2D eigenvalue weighted by Crippen LogP contribution is 2.22. The lowest BCUT2D eigenvalue weighted by Crippen LogP contribution is -2.36. The number of hydrogen-bond acceptors (Lipinski definition) is 4. The molecule has 7 heteroatoms. The van der Waals surface area contributed by atoms with E-state index in [-0.39, 0.29) is 17.9 Å². The van der Waals surface area contributed by atoms with E-state index in [2.05, 4.69) is 21.2 Å². The fraction of sp³-hybridized carbons (Fsp3) is 0.600. The predicted molar refractivity (Wildman–Crippen MR) is 90.3 cm³/mol. The molecule has 1 atom stereocenters. The number of nitrogens with one attached hydrogen (secondary N) is 1. The van der Waals surface area contributed by atoms with Crippen molar-refractivity contribution in [3.63, 3.8) is 0 Å². The molecule has 22 heavy (non-hydrogen) atoms. The van der Waals surface area contributed by atoms with Crippen LogP contribution in [0.3, 0.4) is 0 Å². The van der Waals surface area contributed by atoms with Gasteiger partial charge in [0, 0.05) is 19.6 Å². The van der Waals surface area contributed by atoms with E-state index in [0.717, 1.165) is 10.2 Å². The van der Waals surface area contributed by atoms with E-state index in [4.69, 9.17) is 4.74 Å². The number of ether oxygens (including phenoxy) is 1. The van der Waals surface area contributed by atoms with E-state index in [1.54, 1.807) is 11.0 Å². The molecule has 2 amide bonds. The average molecular weight is 389 g/mol. The lowest BCUT2D eigenvalue weighted by atomic mass is 10.1. The van der Waals surface area contributed by atoms with Gasteiger partial charge in [-0.15, -0.1) is 11.3 Å². The Labute approximate surface area is 143 Å². The highest BCUT2D eigenvalue weighted by molar-refractivity contribution is 9.11. The van der Waals surface area contributed by atoms with Crippen molar-refractivity contribution in [1.29, 1.82) is 0 Å². The van der Waals surface area contributed by atoms with Crippen LogP contribution in [0.5, 0.6) is 0 Å². The van der Waals surface area contributed by atoms with Crippen molar-refractivity contribution in [1.82, 2.24) is 10.2 Å². The van der Waals surface area contributed by atoms with E-state index in [1.165, 1.54) is 11.3 Å². The zero-order valence-corrected chi connectivity index (χ0v) is 15.4. The molecular formula is C15H21BrN2O3S. The van der Waals surface area contributed by atoms with Gasteiger partial charge in [-0.2, -0.15) is 0 Å². The molecule has 2 heterocycles. The molecule has 0 bridgehead atoms. The molecule has 1 aromatic heterocycles. The van der Waals surface area contributed by atoms with Crippen LogP contribution < -0.4 is 5.32 Å². The predicted octanol–water partition coefficient (Wildman–Crippen LogP) is 3.50. The normalized spacial score (nSPS) is 18.4. The molecule has 0 saturated carbocycles. The van der Waals surface area contributed by atoms with Crippen LogP contribution in [0.25, 0.3) is 0 Å². The Bertz CT molecular complexity index is 553. The van der Waals surface area contributed by atoms with Crippen LogP contribution in [-0.4, -0.2) is 42.1 Å². The maximum Gasteiger partial charge on any atom is 0.410 e. The minimum atomic E-state index is -0.476. The maximum absolute atomic E-state index is 12.0. The quantitative estimate of drug-likeness (QED) is 0.861. The summed E-state index contributed by atoms with van der Waals surface area (Å²) >= 11 is 4.76. The van der Waals surface area contributed by atoms with Crippen molar-refractivity contribution in [3.05, 3.63) is 20.8 Å². The van der Waals surface area contributed by atoms with Crippen molar-refractivity contribution in [2.75, 3.05) is 19.6 Å². The van der Waals surface area contributed by atoms with Gasteiger partial charge < -0.3 is 15.0 Å². The number of likely N-dealkylation sites (tertiary alicyclic amines) is 1. The number of carbonyl (C=O) groups excluding carboxylic acids is 2. The Morgan fingerprint density at radius 3 is 2.77 bits per heavy atom. The number of carbonyl (C=O) groups is 2. The summed E-state index contributed by atoms with van der Waals surface area (Å²) in [6, 6.07) is 3.66. The molecule has 0 radical (unpaired) electrons. The number of amides is 2. The average Bonchev–Trinajstić information content (AvgIpc) is 3.02. The Balaban J connectivity index is 1.77. The number of nitrogens with zero attached hydrogens (tertiary/aromatic N) is 1. The summed E-state index contributed by atoms with van der Waals surface area (Å²) < 4.78 is 6.30. The summed E-state index contributed by atoms with van der Waals surface area (Å²) in [5, 5.41) is 2.93. The van der Waals surface area contributed by atoms with Crippen molar-refractivity contribution in [2.45, 2.75) is 32.8 Å². The third kappa shape index (κ3) is 4.98. The van der Waals surface area contributed by atoms with Gasteiger partial charge in [-0.05, 0) is 61.2 Å². The van der Waals surface area contributed by atoms with Crippen LogP contribution in [0.4, 0.5) is 4.79 Å². The smallest absolute Gasteiger partial charge is 0.410 e. The number of rotatable bonds is 3. The van der Waals surface area contributed by atoms with Gasteiger partial charge in [0.2, 0.25) is 0 Å². The Kier molecular flexibility index (Phi) is 5.50. The molecule has 1 unspecified atom stereocenters. The summed E-state index contributed by atoms with van der Waals surface area (Å²) in [5.74, 6) is 0.214. The van der Waals surface area contributed by atoms with Crippen LogP contribution >= 0.6 is 27.3 Å². The summed E-state index contributed by atoms with van der Waals surface area (Å²) in [6.07, 6.45) is 0.608. The third-order valence-electron chi connectivity index (χ3n) is 3.29. The first kappa shape index (κ1) is 17.3. The minimum absolute atomic E-state index is 0.0635. The topological polar surface area (TPSA) is 58.6 Å². The van der Waals surface area contributed by atoms with E-state index >= 15 is 0 Å². The molecule has 5 nitrogen and oxygen atoms in total. The minimum Gasteiger partial charge on any atom is -0.444 e. The summed E-state index contributed by atoms with van der Waals surface area (Å²) in [6.45, 7) is 7.46. The molecule has 1 N–H and O–H groups in total. The van der Waals surface area contributed by atoms with E-state index in [1.807, 2.05) is 26.8 Å². The Morgan fingerprint density at radius 1 is 1.45 bits per heavy atom. The van der Waals surface area contributed by atoms with Crippen molar-refractivity contribution >= 4 is 39.3 Å². The molecular weight excluding hydrogens is 368 g/mol. The molecule has 1 aliphatic rings. The number of hydrogen-bond donors (Lipinski definition) is 1. The van der Waals surface area contributed by atoms with Crippen LogP contribution in [0, 0.1) is 5.92 Å². The van der Waals surface area contributed by atoms with Gasteiger partial charge in [-0.25, -0.2) is 4.79 Å². The zero-order valence-electron chi connectivity index (χ0n) is 13.0. The molecule has 0 aliphatic carbocycles. The van der Waals surface area contributed by atoms with Crippen LogP contribution in [-0.2, 0) is 4.74 Å². The second kappa shape index (κ2) is 7.00. The van der Waals surface area contributed by atoms with Gasteiger partial charge in [0.1, 0.15) is 5.60 Å². The molecule has 0 spiro atoms. The first-order valence-corrected chi connectivity index (χ1v) is 8.87. The van der Waals surface area contributed by atoms with E-state index in [0.29, 0.717) is 24.5 Å². The van der Waals surface area contributed by atoms with Crippen LogP contribution in [0.1, 0.15) is 36.9 Å². The standard InChI is InChI=1S/C15H21BrN2O3S/c1-15(2,3)21-14(20)18-7-6-10(9-18)8-17-13(19)11-4-5-12(16)22-11/h4-5,10H,6-9H2,1-3H3,(H,17,19). The monoisotopic (exact) mass is 388 g/mol. The number of halogens is 1. The zero-order chi connectivity index (χ0) is 16.3. The van der Waals surface area contributed by atoms with Crippen molar-refractivity contribution < 1.29 is 14.3 Å². The van der Waals surface area contributed by atoms with Crippen molar-refractivity contribution in [2.24, 2.45) is 5.92 Å². The Hall–Kier alpha value is -1.08. The highest BCUT2D eigenvalue weighted by Gasteiger charge is 2.29. The third-order valence-corrected chi connectivity index (χ3v) is 4.91. The lowest BCUT2D eigenvalue weighted by molar-refractivity contribution is 0.0288. The van der Waals surface area contributed by atoms with Crippen molar-refractivity contribution in [3.8, 4) is 0 Å². The molecule has 2 rings (SSSR count). The fourth-order valence-corrected chi connectivity index (χ4v) is 3.55.